The van der Waals surface area contributed by atoms with Crippen LogP contribution >= 0.6 is 0 Å². The Hall–Kier alpha value is -0.660. The summed E-state index contributed by atoms with van der Waals surface area (Å²) in [4.78, 5) is 3.74. The minimum absolute atomic E-state index is 1.44. The van der Waals surface area contributed by atoms with Crippen LogP contribution < -0.4 is 0 Å². The molecule has 0 aliphatic rings. The predicted octanol–water partition coefficient (Wildman–Crippen LogP) is -0.566. The second kappa shape index (κ2) is 1.87. The fraction of sp³-hybridized carbons (Fsp3) is 0. The molecule has 0 N–H and O–H groups in total. The molecule has 1 aromatic heterocycles. The maximum absolute atomic E-state index is 5.09. The first kappa shape index (κ1) is 4.50. The fourth-order valence-electron chi connectivity index (χ4n) is 0.358. The molecule has 0 saturated carbocycles. The van der Waals surface area contributed by atoms with Crippen LogP contribution in [0.4, 0.5) is 0 Å². The monoisotopic (exact) mass is 89.0 g/mol. The molecule has 7 heavy (non-hydrogen) atoms. The van der Waals surface area contributed by atoms with Crippen LogP contribution in [0, 0.1) is 0 Å². The van der Waals surface area contributed by atoms with Crippen LogP contribution in [0.1, 0.15) is 0 Å². The van der Waals surface area contributed by atoms with E-state index in [0.717, 1.165) is 0 Å². The Kier molecular flexibility index (Phi) is 1.20. The van der Waals surface area contributed by atoms with E-state index in [1.54, 1.807) is 23.2 Å². The van der Waals surface area contributed by atoms with E-state index < -0.39 is 0 Å². The van der Waals surface area contributed by atoms with Gasteiger partial charge in [0, 0.05) is 0 Å². The van der Waals surface area contributed by atoms with E-state index in [2.05, 4.69) is 4.98 Å². The summed E-state index contributed by atoms with van der Waals surface area (Å²) in [6.45, 7) is 1.44. The first-order valence-electron chi connectivity index (χ1n) is 1.96. The normalized spacial score (nSPS) is 7.86. The molecule has 1 rings (SSSR count). The van der Waals surface area contributed by atoms with E-state index in [-0.39, 0.29) is 0 Å². The van der Waals surface area contributed by atoms with Gasteiger partial charge in [0.2, 0.25) is 0 Å². The summed E-state index contributed by atoms with van der Waals surface area (Å²) in [5.74, 6) is 0. The van der Waals surface area contributed by atoms with Crippen LogP contribution in [0.2, 0.25) is 0 Å². The zero-order valence-electron chi connectivity index (χ0n) is 3.78. The van der Waals surface area contributed by atoms with Gasteiger partial charge in [-0.2, -0.15) is 0 Å². The van der Waals surface area contributed by atoms with Crippen molar-refractivity contribution in [2.45, 2.75) is 0 Å². The summed E-state index contributed by atoms with van der Waals surface area (Å²) in [5, 5.41) is 0. The summed E-state index contributed by atoms with van der Waals surface area (Å²) in [5.41, 5.74) is 0. The molecule has 31 valence electrons. The van der Waals surface area contributed by atoms with Crippen molar-refractivity contribution in [3.63, 3.8) is 0 Å². The van der Waals surface area contributed by atoms with E-state index in [1.165, 1.54) is 6.94 Å². The summed E-state index contributed by atoms with van der Waals surface area (Å²) in [6, 6.07) is 0. The first-order chi connectivity index (χ1) is 3.43. The Morgan fingerprint density at radius 1 is 1.71 bits per heavy atom. The zero-order valence-corrected chi connectivity index (χ0v) is 3.78. The molecule has 2 nitrogen and oxygen atoms in total. The Morgan fingerprint density at radius 2 is 2.57 bits per heavy atom. The van der Waals surface area contributed by atoms with Gasteiger partial charge in [0.1, 0.15) is 0 Å². The minimum atomic E-state index is 1.44. The molecule has 0 aliphatic carbocycles. The van der Waals surface area contributed by atoms with E-state index in [0.29, 0.717) is 0 Å². The third-order valence-electron chi connectivity index (χ3n) is 0.697. The molecule has 0 saturated heterocycles. The van der Waals surface area contributed by atoms with Crippen molar-refractivity contribution in [3.8, 4) is 0 Å². The van der Waals surface area contributed by atoms with Crippen LogP contribution in [-0.4, -0.2) is 23.8 Å². The molecule has 1 aromatic rings. The quantitative estimate of drug-likeness (QED) is 0.421. The van der Waals surface area contributed by atoms with E-state index >= 15 is 0 Å². The summed E-state index contributed by atoms with van der Waals surface area (Å²) >= 11 is 0. The molecule has 0 unspecified atom stereocenters. The molecule has 0 fully saturated rings. The number of hydrogen-bond donors (Lipinski definition) is 0. The van der Waals surface area contributed by atoms with Crippen LogP contribution in [0.25, 0.3) is 0 Å². The van der Waals surface area contributed by atoms with Gasteiger partial charge in [-0.05, 0) is 0 Å². The van der Waals surface area contributed by atoms with Gasteiger partial charge in [-0.1, -0.05) is 0 Å². The molecule has 0 amide bonds. The predicted molar refractivity (Wildman–Crippen MR) is 29.1 cm³/mol. The van der Waals surface area contributed by atoms with Crippen molar-refractivity contribution in [2.75, 3.05) is 0 Å². The van der Waals surface area contributed by atoms with Gasteiger partial charge in [0.25, 0.3) is 0 Å². The zero-order chi connectivity index (χ0) is 5.11. The third-order valence-corrected chi connectivity index (χ3v) is 0.697. The molecule has 1 radical (unpaired) electrons. The van der Waals surface area contributed by atoms with Crippen LogP contribution in [-0.2, 0) is 0 Å². The fourth-order valence-corrected chi connectivity index (χ4v) is 0.358. The van der Waals surface area contributed by atoms with Crippen molar-refractivity contribution in [2.24, 2.45) is 0 Å². The maximum atomic E-state index is 5.09. The van der Waals surface area contributed by atoms with Crippen LogP contribution in [0.3, 0.4) is 0 Å². The van der Waals surface area contributed by atoms with Gasteiger partial charge >= 0.3 is 42.5 Å². The van der Waals surface area contributed by atoms with Crippen molar-refractivity contribution in [1.82, 2.24) is 9.46 Å². The van der Waals surface area contributed by atoms with Crippen LogP contribution in [0.5, 0.6) is 0 Å². The van der Waals surface area contributed by atoms with Gasteiger partial charge in [0.15, 0.2) is 0 Å². The Morgan fingerprint density at radius 3 is 2.86 bits per heavy atom. The Balaban J connectivity index is 2.96. The molecule has 0 aromatic carbocycles. The topological polar surface area (TPSA) is 17.8 Å². The number of rotatable bonds is 1. The van der Waals surface area contributed by atoms with Crippen LogP contribution in [0.15, 0.2) is 18.7 Å². The van der Waals surface area contributed by atoms with Gasteiger partial charge in [-0.25, -0.2) is 0 Å². The molecule has 0 aliphatic heterocycles. The molecular weight excluding hydrogens is 85.7 g/mol. The average molecular weight is 88.7 g/mol. The van der Waals surface area contributed by atoms with Gasteiger partial charge < -0.3 is 0 Å². The van der Waals surface area contributed by atoms with Crippen molar-refractivity contribution in [1.29, 1.82) is 0 Å². The number of imidazole rings is 1. The molecular formula is C3H3B2N2. The molecule has 0 atom stereocenters. The van der Waals surface area contributed by atoms with E-state index in [1.807, 2.05) is 0 Å². The van der Waals surface area contributed by atoms with Gasteiger partial charge in [-0.15, -0.1) is 0 Å². The molecule has 4 heteroatoms. The molecule has 1 heterocycles. The van der Waals surface area contributed by atoms with Crippen molar-refractivity contribution < 1.29 is 0 Å². The SMILES string of the molecule is [B]=Bn1ccnc1. The van der Waals surface area contributed by atoms with Crippen molar-refractivity contribution >= 4 is 14.3 Å². The number of aromatic nitrogens is 2. The van der Waals surface area contributed by atoms with Crippen molar-refractivity contribution in [3.05, 3.63) is 18.7 Å². The first-order valence-corrected chi connectivity index (χ1v) is 1.96. The Bertz CT molecular complexity index is 146. The average Bonchev–Trinajstić information content (AvgIpc) is 2.14. The Labute approximate surface area is 43.5 Å². The van der Waals surface area contributed by atoms with E-state index in [4.69, 9.17) is 7.37 Å². The van der Waals surface area contributed by atoms with Gasteiger partial charge in [0.05, 0.1) is 0 Å². The third kappa shape index (κ3) is 0.856. The molecule has 0 spiro atoms. The standard InChI is InChI=1S/C3H3B2N2/c4-5-7-2-1-6-3-7/h1-3H. The van der Waals surface area contributed by atoms with Gasteiger partial charge in [-0.3, -0.25) is 0 Å². The summed E-state index contributed by atoms with van der Waals surface area (Å²) < 4.78 is 1.67. The number of hydrogen-bond acceptors (Lipinski definition) is 1. The van der Waals surface area contributed by atoms with E-state index in [9.17, 15) is 0 Å². The molecule has 0 bridgehead atoms. The summed E-state index contributed by atoms with van der Waals surface area (Å²) in [6.07, 6.45) is 5.06. The number of nitrogens with zero attached hydrogens (tertiary/aromatic N) is 2. The summed E-state index contributed by atoms with van der Waals surface area (Å²) in [7, 11) is 5.09. The second-order valence-corrected chi connectivity index (χ2v) is 1.16. The second-order valence-electron chi connectivity index (χ2n) is 1.16.